The van der Waals surface area contributed by atoms with Crippen LogP contribution in [-0.2, 0) is 4.74 Å². The first-order valence-corrected chi connectivity index (χ1v) is 7.71. The van der Waals surface area contributed by atoms with Crippen molar-refractivity contribution in [3.8, 4) is 0 Å². The van der Waals surface area contributed by atoms with Crippen LogP contribution in [0.4, 0.5) is 0 Å². The van der Waals surface area contributed by atoms with Crippen LogP contribution in [0.3, 0.4) is 0 Å². The predicted molar refractivity (Wildman–Crippen MR) is 78.7 cm³/mol. The van der Waals surface area contributed by atoms with Crippen molar-refractivity contribution in [2.24, 2.45) is 5.41 Å². The summed E-state index contributed by atoms with van der Waals surface area (Å²) in [7, 11) is 0. The number of nitrogens with one attached hydrogen (secondary N) is 1. The molecule has 2 saturated heterocycles. The van der Waals surface area contributed by atoms with Crippen molar-refractivity contribution >= 4 is 0 Å². The predicted octanol–water partition coefficient (Wildman–Crippen LogP) is 0.209. The number of ether oxygens (including phenoxy) is 1. The Labute approximate surface area is 122 Å². The summed E-state index contributed by atoms with van der Waals surface area (Å²) >= 11 is 0. The van der Waals surface area contributed by atoms with Gasteiger partial charge in [0.05, 0.1) is 12.2 Å². The lowest BCUT2D eigenvalue weighted by Crippen LogP contribution is -2.51. The van der Waals surface area contributed by atoms with E-state index in [0.717, 1.165) is 39.1 Å². The molecule has 118 valence electrons. The second kappa shape index (κ2) is 6.28. The van der Waals surface area contributed by atoms with Gasteiger partial charge in [-0.1, -0.05) is 0 Å². The second-order valence-electron chi connectivity index (χ2n) is 7.54. The fraction of sp³-hybridized carbons (Fsp3) is 1.00. The van der Waals surface area contributed by atoms with Crippen LogP contribution < -0.4 is 5.32 Å². The maximum absolute atomic E-state index is 9.71. The Hall–Kier alpha value is -0.200. The van der Waals surface area contributed by atoms with Crippen LogP contribution in [0, 0.1) is 5.41 Å². The van der Waals surface area contributed by atoms with Gasteiger partial charge in [-0.15, -0.1) is 0 Å². The first-order chi connectivity index (χ1) is 9.30. The van der Waals surface area contributed by atoms with Crippen LogP contribution in [0.5, 0.6) is 0 Å². The SMILES string of the molecule is CC(C)(C)NCC1(CN2CC(O)C(O)C2)CCOCC1. The van der Waals surface area contributed by atoms with Crippen LogP contribution in [-0.4, -0.2) is 72.3 Å². The molecule has 2 aliphatic rings. The summed E-state index contributed by atoms with van der Waals surface area (Å²) in [6.45, 7) is 11.2. The molecule has 5 nitrogen and oxygen atoms in total. The molecule has 2 aliphatic heterocycles. The van der Waals surface area contributed by atoms with Gasteiger partial charge in [-0.3, -0.25) is 4.90 Å². The van der Waals surface area contributed by atoms with Gasteiger partial charge in [0.25, 0.3) is 0 Å². The van der Waals surface area contributed by atoms with Crippen LogP contribution in [0.1, 0.15) is 33.6 Å². The van der Waals surface area contributed by atoms with Gasteiger partial charge in [0.1, 0.15) is 0 Å². The summed E-state index contributed by atoms with van der Waals surface area (Å²) in [4.78, 5) is 2.20. The fourth-order valence-corrected chi connectivity index (χ4v) is 3.10. The van der Waals surface area contributed by atoms with E-state index in [9.17, 15) is 10.2 Å². The van der Waals surface area contributed by atoms with E-state index in [1.165, 1.54) is 0 Å². The average molecular weight is 286 g/mol. The van der Waals surface area contributed by atoms with Crippen molar-refractivity contribution in [1.82, 2.24) is 10.2 Å². The van der Waals surface area contributed by atoms with Gasteiger partial charge < -0.3 is 20.3 Å². The maximum atomic E-state index is 9.71. The lowest BCUT2D eigenvalue weighted by molar-refractivity contribution is -0.00550. The van der Waals surface area contributed by atoms with Gasteiger partial charge in [0, 0.05) is 44.9 Å². The minimum atomic E-state index is -0.595. The molecule has 2 atom stereocenters. The minimum absolute atomic E-state index is 0.106. The largest absolute Gasteiger partial charge is 0.389 e. The molecule has 0 spiro atoms. The maximum Gasteiger partial charge on any atom is 0.0938 e. The average Bonchev–Trinajstić information content (AvgIpc) is 2.66. The number of rotatable bonds is 4. The molecule has 2 fully saturated rings. The molecule has 2 unspecified atom stereocenters. The highest BCUT2D eigenvalue weighted by Crippen LogP contribution is 2.32. The lowest BCUT2D eigenvalue weighted by Gasteiger charge is -2.42. The van der Waals surface area contributed by atoms with Gasteiger partial charge in [-0.05, 0) is 39.0 Å². The quantitative estimate of drug-likeness (QED) is 0.689. The summed E-state index contributed by atoms with van der Waals surface area (Å²) < 4.78 is 5.52. The third kappa shape index (κ3) is 4.40. The van der Waals surface area contributed by atoms with Crippen LogP contribution >= 0.6 is 0 Å². The Morgan fingerprint density at radius 2 is 1.70 bits per heavy atom. The first kappa shape index (κ1) is 16.2. The number of hydrogen-bond acceptors (Lipinski definition) is 5. The van der Waals surface area contributed by atoms with Crippen LogP contribution in [0.15, 0.2) is 0 Å². The number of hydrogen-bond donors (Lipinski definition) is 3. The van der Waals surface area contributed by atoms with E-state index in [-0.39, 0.29) is 11.0 Å². The van der Waals surface area contributed by atoms with Crippen molar-refractivity contribution in [3.05, 3.63) is 0 Å². The highest BCUT2D eigenvalue weighted by molar-refractivity contribution is 4.93. The van der Waals surface area contributed by atoms with E-state index in [2.05, 4.69) is 31.0 Å². The molecule has 3 N–H and O–H groups in total. The first-order valence-electron chi connectivity index (χ1n) is 7.71. The molecule has 0 aromatic heterocycles. The van der Waals surface area contributed by atoms with Crippen LogP contribution in [0.25, 0.3) is 0 Å². The van der Waals surface area contributed by atoms with E-state index >= 15 is 0 Å². The zero-order valence-electron chi connectivity index (χ0n) is 13.1. The molecule has 0 amide bonds. The van der Waals surface area contributed by atoms with Crippen molar-refractivity contribution < 1.29 is 14.9 Å². The second-order valence-corrected chi connectivity index (χ2v) is 7.54. The Kier molecular flexibility index (Phi) is 5.08. The van der Waals surface area contributed by atoms with Gasteiger partial charge in [-0.25, -0.2) is 0 Å². The normalized spacial score (nSPS) is 31.6. The highest BCUT2D eigenvalue weighted by atomic mass is 16.5. The number of β-amino-alcohol motifs (C(OH)–C–C–N with tert-alkyl or cyclic N) is 2. The Morgan fingerprint density at radius 3 is 2.20 bits per heavy atom. The smallest absolute Gasteiger partial charge is 0.0938 e. The topological polar surface area (TPSA) is 65.0 Å². The summed E-state index contributed by atoms with van der Waals surface area (Å²) in [6, 6.07) is 0. The third-order valence-electron chi connectivity index (χ3n) is 4.44. The molecular weight excluding hydrogens is 256 g/mol. The summed E-state index contributed by atoms with van der Waals surface area (Å²) in [5.41, 5.74) is 0.296. The number of likely N-dealkylation sites (tertiary alicyclic amines) is 1. The molecule has 5 heteroatoms. The number of nitrogens with zero attached hydrogens (tertiary/aromatic N) is 1. The molecule has 0 radical (unpaired) electrons. The molecule has 0 saturated carbocycles. The van der Waals surface area contributed by atoms with E-state index in [4.69, 9.17) is 4.74 Å². The monoisotopic (exact) mass is 286 g/mol. The molecule has 0 aromatic carbocycles. The van der Waals surface area contributed by atoms with E-state index in [1.54, 1.807) is 0 Å². The van der Waals surface area contributed by atoms with Crippen molar-refractivity contribution in [1.29, 1.82) is 0 Å². The minimum Gasteiger partial charge on any atom is -0.389 e. The van der Waals surface area contributed by atoms with Gasteiger partial charge >= 0.3 is 0 Å². The van der Waals surface area contributed by atoms with Crippen molar-refractivity contribution in [2.45, 2.75) is 51.4 Å². The molecule has 0 aromatic rings. The Morgan fingerprint density at radius 1 is 1.15 bits per heavy atom. The van der Waals surface area contributed by atoms with Gasteiger partial charge in [-0.2, -0.15) is 0 Å². The van der Waals surface area contributed by atoms with Gasteiger partial charge in [0.2, 0.25) is 0 Å². The summed E-state index contributed by atoms with van der Waals surface area (Å²) in [5.74, 6) is 0. The zero-order chi connectivity index (χ0) is 14.8. The highest BCUT2D eigenvalue weighted by Gasteiger charge is 2.39. The fourth-order valence-electron chi connectivity index (χ4n) is 3.10. The molecular formula is C15H30N2O3. The standard InChI is InChI=1S/C15H30N2O3/c1-14(2,3)16-10-15(4-6-20-7-5-15)11-17-8-12(18)13(19)9-17/h12-13,16,18-19H,4-11H2,1-3H3. The van der Waals surface area contributed by atoms with Crippen LogP contribution in [0.2, 0.25) is 0 Å². The molecule has 0 bridgehead atoms. The zero-order valence-corrected chi connectivity index (χ0v) is 13.1. The Bertz CT molecular complexity index is 301. The lowest BCUT2D eigenvalue weighted by atomic mass is 9.79. The molecule has 2 heterocycles. The Balaban J connectivity index is 1.96. The van der Waals surface area contributed by atoms with E-state index in [1.807, 2.05) is 0 Å². The number of aliphatic hydroxyl groups is 2. The van der Waals surface area contributed by atoms with E-state index < -0.39 is 12.2 Å². The summed E-state index contributed by atoms with van der Waals surface area (Å²) in [6.07, 6.45) is 0.891. The van der Waals surface area contributed by atoms with Crippen molar-refractivity contribution in [3.63, 3.8) is 0 Å². The van der Waals surface area contributed by atoms with E-state index in [0.29, 0.717) is 13.1 Å². The van der Waals surface area contributed by atoms with Crippen molar-refractivity contribution in [2.75, 3.05) is 39.4 Å². The molecule has 20 heavy (non-hydrogen) atoms. The molecule has 2 rings (SSSR count). The summed E-state index contributed by atoms with van der Waals surface area (Å²) in [5, 5.41) is 23.0. The third-order valence-corrected chi connectivity index (χ3v) is 4.44. The number of aliphatic hydroxyl groups excluding tert-OH is 2. The molecule has 0 aliphatic carbocycles. The van der Waals surface area contributed by atoms with Gasteiger partial charge in [0.15, 0.2) is 0 Å².